The summed E-state index contributed by atoms with van der Waals surface area (Å²) < 4.78 is 0. The number of amides is 3. The molecule has 0 aliphatic carbocycles. The summed E-state index contributed by atoms with van der Waals surface area (Å²) in [5.41, 5.74) is 2.77. The first kappa shape index (κ1) is 16.1. The Balaban J connectivity index is 1.50. The van der Waals surface area contributed by atoms with Crippen molar-refractivity contribution in [2.75, 3.05) is 23.3 Å². The lowest BCUT2D eigenvalue weighted by Crippen LogP contribution is -2.34. The van der Waals surface area contributed by atoms with Gasteiger partial charge in [0.2, 0.25) is 5.91 Å². The van der Waals surface area contributed by atoms with Crippen molar-refractivity contribution in [2.45, 2.75) is 13.3 Å². The van der Waals surface area contributed by atoms with Gasteiger partial charge < -0.3 is 15.5 Å². The largest absolute Gasteiger partial charge is 0.338 e. The van der Waals surface area contributed by atoms with E-state index < -0.39 is 0 Å². The molecule has 1 aliphatic rings. The van der Waals surface area contributed by atoms with Crippen molar-refractivity contribution >= 4 is 23.3 Å². The third-order valence-electron chi connectivity index (χ3n) is 4.10. The maximum Gasteiger partial charge on any atom is 0.319 e. The Kier molecular flexibility index (Phi) is 4.79. The molecule has 3 amide bonds. The minimum atomic E-state index is -0.244. The maximum atomic E-state index is 12.2. The second-order valence-electron chi connectivity index (χ2n) is 6.11. The number of aryl methyl sites for hydroxylation is 1. The topological polar surface area (TPSA) is 61.4 Å². The number of para-hydroxylation sites is 1. The lowest BCUT2D eigenvalue weighted by atomic mass is 10.1. The van der Waals surface area contributed by atoms with Crippen LogP contribution in [0.5, 0.6) is 0 Å². The third-order valence-corrected chi connectivity index (χ3v) is 4.10. The van der Waals surface area contributed by atoms with Crippen LogP contribution in [-0.4, -0.2) is 25.0 Å². The standard InChI is InChI=1S/C19H21N3O2/c1-14-6-5-7-16(10-14)21-19(24)20-12-15-11-18(23)22(13-15)17-8-3-2-4-9-17/h2-10,15H,11-13H2,1H3,(H2,20,21,24)/t15-/m0/s1. The van der Waals surface area contributed by atoms with Gasteiger partial charge in [0.1, 0.15) is 0 Å². The van der Waals surface area contributed by atoms with Gasteiger partial charge in [0.25, 0.3) is 0 Å². The number of nitrogens with one attached hydrogen (secondary N) is 2. The van der Waals surface area contributed by atoms with Crippen molar-refractivity contribution in [3.05, 3.63) is 60.2 Å². The van der Waals surface area contributed by atoms with E-state index >= 15 is 0 Å². The fourth-order valence-electron chi connectivity index (χ4n) is 2.91. The highest BCUT2D eigenvalue weighted by atomic mass is 16.2. The lowest BCUT2D eigenvalue weighted by Gasteiger charge is -2.17. The monoisotopic (exact) mass is 323 g/mol. The van der Waals surface area contributed by atoms with Crippen LogP contribution in [0.3, 0.4) is 0 Å². The van der Waals surface area contributed by atoms with Crippen LogP contribution < -0.4 is 15.5 Å². The van der Waals surface area contributed by atoms with Crippen molar-refractivity contribution in [2.24, 2.45) is 5.92 Å². The molecule has 124 valence electrons. The molecule has 24 heavy (non-hydrogen) atoms. The second kappa shape index (κ2) is 7.17. The molecule has 1 aliphatic heterocycles. The van der Waals surface area contributed by atoms with E-state index in [0.717, 1.165) is 16.9 Å². The van der Waals surface area contributed by atoms with E-state index in [-0.39, 0.29) is 17.9 Å². The van der Waals surface area contributed by atoms with Crippen molar-refractivity contribution in [1.29, 1.82) is 0 Å². The van der Waals surface area contributed by atoms with E-state index in [9.17, 15) is 9.59 Å². The van der Waals surface area contributed by atoms with Gasteiger partial charge in [0.15, 0.2) is 0 Å². The molecule has 0 saturated carbocycles. The highest BCUT2D eigenvalue weighted by Crippen LogP contribution is 2.24. The molecule has 1 heterocycles. The minimum absolute atomic E-state index is 0.104. The summed E-state index contributed by atoms with van der Waals surface area (Å²) in [6.07, 6.45) is 0.458. The number of rotatable bonds is 4. The van der Waals surface area contributed by atoms with Gasteiger partial charge in [0.05, 0.1) is 0 Å². The van der Waals surface area contributed by atoms with Gasteiger partial charge in [-0.15, -0.1) is 0 Å². The maximum absolute atomic E-state index is 12.2. The van der Waals surface area contributed by atoms with Crippen molar-refractivity contribution < 1.29 is 9.59 Å². The molecule has 5 nitrogen and oxygen atoms in total. The minimum Gasteiger partial charge on any atom is -0.338 e. The average molecular weight is 323 g/mol. The summed E-state index contributed by atoms with van der Waals surface area (Å²) in [4.78, 5) is 25.9. The van der Waals surface area contributed by atoms with Gasteiger partial charge in [-0.25, -0.2) is 4.79 Å². The van der Waals surface area contributed by atoms with Crippen LogP contribution in [0.25, 0.3) is 0 Å². The SMILES string of the molecule is Cc1cccc(NC(=O)NC[C@@H]2CC(=O)N(c3ccccc3)C2)c1. The molecule has 1 saturated heterocycles. The zero-order valence-electron chi connectivity index (χ0n) is 13.7. The first-order chi connectivity index (χ1) is 11.6. The van der Waals surface area contributed by atoms with Crippen molar-refractivity contribution in [1.82, 2.24) is 5.32 Å². The molecule has 1 fully saturated rings. The van der Waals surface area contributed by atoms with E-state index in [1.54, 1.807) is 4.90 Å². The van der Waals surface area contributed by atoms with Gasteiger partial charge in [0, 0.05) is 36.8 Å². The summed E-state index contributed by atoms with van der Waals surface area (Å²) in [5.74, 6) is 0.230. The Labute approximate surface area is 141 Å². The third kappa shape index (κ3) is 3.93. The molecule has 5 heteroatoms. The molecule has 0 aromatic heterocycles. The zero-order chi connectivity index (χ0) is 16.9. The molecule has 2 aromatic rings. The summed E-state index contributed by atoms with van der Waals surface area (Å²) in [6.45, 7) is 3.09. The van der Waals surface area contributed by atoms with Gasteiger partial charge in [-0.2, -0.15) is 0 Å². The number of benzene rings is 2. The number of urea groups is 1. The highest BCUT2D eigenvalue weighted by molar-refractivity contribution is 5.96. The predicted octanol–water partition coefficient (Wildman–Crippen LogP) is 3.17. The molecule has 2 aromatic carbocycles. The van der Waals surface area contributed by atoms with Crippen LogP contribution in [-0.2, 0) is 4.79 Å². The lowest BCUT2D eigenvalue weighted by molar-refractivity contribution is -0.117. The summed E-state index contributed by atoms with van der Waals surface area (Å²) in [5, 5.41) is 5.67. The molecule has 3 rings (SSSR count). The van der Waals surface area contributed by atoms with Gasteiger partial charge in [-0.05, 0) is 36.8 Å². The van der Waals surface area contributed by atoms with E-state index in [1.165, 1.54) is 0 Å². The molecule has 0 spiro atoms. The Hall–Kier alpha value is -2.82. The first-order valence-electron chi connectivity index (χ1n) is 8.09. The summed E-state index contributed by atoms with van der Waals surface area (Å²) >= 11 is 0. The van der Waals surface area contributed by atoms with E-state index in [2.05, 4.69) is 10.6 Å². The Morgan fingerprint density at radius 3 is 2.71 bits per heavy atom. The van der Waals surface area contributed by atoms with E-state index in [1.807, 2.05) is 61.5 Å². The second-order valence-corrected chi connectivity index (χ2v) is 6.11. The van der Waals surface area contributed by atoms with Gasteiger partial charge in [-0.3, -0.25) is 4.79 Å². The van der Waals surface area contributed by atoms with E-state index in [0.29, 0.717) is 19.5 Å². The molecular weight excluding hydrogens is 302 g/mol. The van der Waals surface area contributed by atoms with Crippen molar-refractivity contribution in [3.8, 4) is 0 Å². The molecular formula is C19H21N3O2. The van der Waals surface area contributed by atoms with Crippen LogP contribution in [0.2, 0.25) is 0 Å². The Morgan fingerprint density at radius 1 is 1.17 bits per heavy atom. The van der Waals surface area contributed by atoms with Gasteiger partial charge >= 0.3 is 6.03 Å². The number of carbonyl (C=O) groups excluding carboxylic acids is 2. The van der Waals surface area contributed by atoms with Crippen LogP contribution in [0.15, 0.2) is 54.6 Å². The Morgan fingerprint density at radius 2 is 1.96 bits per heavy atom. The fourth-order valence-corrected chi connectivity index (χ4v) is 2.91. The van der Waals surface area contributed by atoms with Crippen LogP contribution >= 0.6 is 0 Å². The molecule has 1 atom stereocenters. The van der Waals surface area contributed by atoms with Crippen LogP contribution in [0, 0.1) is 12.8 Å². The van der Waals surface area contributed by atoms with E-state index in [4.69, 9.17) is 0 Å². The smallest absolute Gasteiger partial charge is 0.319 e. The number of hydrogen-bond acceptors (Lipinski definition) is 2. The molecule has 0 bridgehead atoms. The summed E-state index contributed by atoms with van der Waals surface area (Å²) in [7, 11) is 0. The van der Waals surface area contributed by atoms with Gasteiger partial charge in [-0.1, -0.05) is 30.3 Å². The number of carbonyl (C=O) groups is 2. The van der Waals surface area contributed by atoms with Crippen LogP contribution in [0.4, 0.5) is 16.2 Å². The zero-order valence-corrected chi connectivity index (χ0v) is 13.7. The number of anilines is 2. The fraction of sp³-hybridized carbons (Fsp3) is 0.263. The van der Waals surface area contributed by atoms with Crippen molar-refractivity contribution in [3.63, 3.8) is 0 Å². The molecule has 0 radical (unpaired) electrons. The average Bonchev–Trinajstić information content (AvgIpc) is 2.95. The number of hydrogen-bond donors (Lipinski definition) is 2. The summed E-state index contributed by atoms with van der Waals surface area (Å²) in [6, 6.07) is 17.0. The quantitative estimate of drug-likeness (QED) is 0.908. The Bertz CT molecular complexity index is 730. The highest BCUT2D eigenvalue weighted by Gasteiger charge is 2.30. The normalized spacial score (nSPS) is 17.0. The number of nitrogens with zero attached hydrogens (tertiary/aromatic N) is 1. The molecule has 0 unspecified atom stereocenters. The first-order valence-corrected chi connectivity index (χ1v) is 8.09. The predicted molar refractivity (Wildman–Crippen MR) is 95.1 cm³/mol. The molecule has 2 N–H and O–H groups in total. The van der Waals surface area contributed by atoms with Crippen LogP contribution in [0.1, 0.15) is 12.0 Å².